The van der Waals surface area contributed by atoms with Crippen molar-refractivity contribution in [2.24, 2.45) is 0 Å². The summed E-state index contributed by atoms with van der Waals surface area (Å²) in [5, 5.41) is 16.4. The number of morpholine rings is 1. The summed E-state index contributed by atoms with van der Waals surface area (Å²) in [6.45, 7) is 5.90. The van der Waals surface area contributed by atoms with Gasteiger partial charge in [0.2, 0.25) is 5.95 Å². The maximum atomic E-state index is 10.6. The zero-order valence-corrected chi connectivity index (χ0v) is 20.0. The lowest BCUT2D eigenvalue weighted by atomic mass is 9.89. The van der Waals surface area contributed by atoms with Gasteiger partial charge in [0.15, 0.2) is 0 Å². The zero-order chi connectivity index (χ0) is 27.7. The number of hydrogen-bond donors (Lipinski definition) is 2. The molecule has 9 nitrogen and oxygen atoms in total. The molecule has 0 bridgehead atoms. The number of thiophene rings is 1. The Hall–Kier alpha value is -2.98. The van der Waals surface area contributed by atoms with Crippen LogP contribution in [0.5, 0.6) is 0 Å². The number of rotatable bonds is 3. The van der Waals surface area contributed by atoms with Crippen molar-refractivity contribution in [3.05, 3.63) is 40.8 Å². The number of alkyl halides is 6. The van der Waals surface area contributed by atoms with Gasteiger partial charge in [-0.25, -0.2) is 19.6 Å². The second kappa shape index (κ2) is 13.0. The van der Waals surface area contributed by atoms with Crippen LogP contribution in [0.1, 0.15) is 17.7 Å². The molecule has 0 atom stereocenters. The molecule has 206 valence electrons. The van der Waals surface area contributed by atoms with Crippen LogP contribution in [0.15, 0.2) is 36.0 Å². The number of halogens is 6. The monoisotopic (exact) mass is 558 g/mol. The Labute approximate surface area is 211 Å². The molecule has 16 heteroatoms. The predicted molar refractivity (Wildman–Crippen MR) is 119 cm³/mol. The first kappa shape index (κ1) is 30.2. The maximum Gasteiger partial charge on any atom is 0.490 e. The summed E-state index contributed by atoms with van der Waals surface area (Å²) in [6.07, 6.45) is -4.45. The summed E-state index contributed by atoms with van der Waals surface area (Å²) in [6, 6.07) is 6.22. The summed E-state index contributed by atoms with van der Waals surface area (Å²) in [7, 11) is 0. The van der Waals surface area contributed by atoms with Gasteiger partial charge in [-0.15, -0.1) is 11.3 Å². The molecule has 2 N–H and O–H groups in total. The normalized spacial score (nSPS) is 17.7. The first-order chi connectivity index (χ1) is 17.2. The molecule has 0 radical (unpaired) electrons. The highest BCUT2D eigenvalue weighted by atomic mass is 32.1. The van der Waals surface area contributed by atoms with Gasteiger partial charge in [-0.05, 0) is 30.4 Å². The van der Waals surface area contributed by atoms with Crippen LogP contribution < -0.4 is 4.90 Å². The lowest BCUT2D eigenvalue weighted by molar-refractivity contribution is -0.193. The number of carbonyl (C=O) groups is 2. The molecule has 0 aliphatic carbocycles. The van der Waals surface area contributed by atoms with Crippen molar-refractivity contribution in [1.29, 1.82) is 0 Å². The van der Waals surface area contributed by atoms with E-state index in [9.17, 15) is 26.3 Å². The van der Waals surface area contributed by atoms with E-state index in [0.717, 1.165) is 58.1 Å². The molecule has 2 aromatic rings. The highest BCUT2D eigenvalue weighted by Crippen LogP contribution is 2.32. The fraction of sp³-hybridized carbons (Fsp3) is 0.524. The van der Waals surface area contributed by atoms with Crippen molar-refractivity contribution >= 4 is 29.2 Å². The van der Waals surface area contributed by atoms with Gasteiger partial charge in [0.1, 0.15) is 0 Å². The standard InChI is InChI=1S/C17H22N4OS.2C2HF3O2/c1-3-15(23-12-1)13-20-10-11-22-17(14-20)4-8-21(9-5-17)16-18-6-2-7-19-16;2*3-2(4,5)1(6)7/h1-3,6-7,12H,4-5,8-11,13-14H2;2*(H,6,7). The summed E-state index contributed by atoms with van der Waals surface area (Å²) in [5.74, 6) is -4.67. The van der Waals surface area contributed by atoms with Gasteiger partial charge in [-0.3, -0.25) is 4.90 Å². The predicted octanol–water partition coefficient (Wildman–Crippen LogP) is 3.68. The largest absolute Gasteiger partial charge is 0.490 e. The molecular formula is C21H24F6N4O5S. The number of aliphatic carboxylic acids is 2. The number of anilines is 1. The number of ether oxygens (including phenoxy) is 1. The van der Waals surface area contributed by atoms with Gasteiger partial charge in [0.05, 0.1) is 12.2 Å². The molecule has 0 unspecified atom stereocenters. The third-order valence-electron chi connectivity index (χ3n) is 5.28. The Balaban J connectivity index is 0.000000286. The molecule has 2 fully saturated rings. The van der Waals surface area contributed by atoms with Gasteiger partial charge in [-0.1, -0.05) is 6.07 Å². The van der Waals surface area contributed by atoms with Crippen molar-refractivity contribution in [2.45, 2.75) is 37.3 Å². The second-order valence-corrected chi connectivity index (χ2v) is 9.00. The summed E-state index contributed by atoms with van der Waals surface area (Å²) < 4.78 is 69.7. The maximum absolute atomic E-state index is 10.6. The molecule has 0 saturated carbocycles. The van der Waals surface area contributed by atoms with Crippen LogP contribution in [0.2, 0.25) is 0 Å². The van der Waals surface area contributed by atoms with Gasteiger partial charge < -0.3 is 19.8 Å². The Morgan fingerprint density at radius 3 is 1.97 bits per heavy atom. The molecular weight excluding hydrogens is 534 g/mol. The third-order valence-corrected chi connectivity index (χ3v) is 6.14. The molecule has 4 heterocycles. The molecule has 2 aliphatic rings. The number of hydrogen-bond acceptors (Lipinski definition) is 8. The van der Waals surface area contributed by atoms with Crippen molar-refractivity contribution in [3.63, 3.8) is 0 Å². The van der Waals surface area contributed by atoms with Crippen molar-refractivity contribution in [1.82, 2.24) is 14.9 Å². The Bertz CT molecular complexity index is 960. The fourth-order valence-electron chi connectivity index (χ4n) is 3.55. The number of carboxylic acid groups (broad SMARTS) is 2. The first-order valence-corrected chi connectivity index (χ1v) is 11.6. The smallest absolute Gasteiger partial charge is 0.475 e. The van der Waals surface area contributed by atoms with Crippen LogP contribution in [-0.4, -0.2) is 87.8 Å². The van der Waals surface area contributed by atoms with E-state index in [2.05, 4.69) is 37.3 Å². The minimum atomic E-state index is -5.08. The summed E-state index contributed by atoms with van der Waals surface area (Å²) in [4.78, 5) is 32.8. The Morgan fingerprint density at radius 1 is 0.973 bits per heavy atom. The van der Waals surface area contributed by atoms with E-state index < -0.39 is 24.3 Å². The van der Waals surface area contributed by atoms with Crippen molar-refractivity contribution in [2.75, 3.05) is 37.7 Å². The van der Waals surface area contributed by atoms with Gasteiger partial charge in [0, 0.05) is 50.0 Å². The average Bonchev–Trinajstić information content (AvgIpc) is 3.33. The Morgan fingerprint density at radius 2 is 1.51 bits per heavy atom. The first-order valence-electron chi connectivity index (χ1n) is 10.7. The Kier molecular flexibility index (Phi) is 10.6. The van der Waals surface area contributed by atoms with E-state index >= 15 is 0 Å². The van der Waals surface area contributed by atoms with E-state index in [1.54, 1.807) is 0 Å². The minimum absolute atomic E-state index is 0.0147. The molecule has 2 aliphatic heterocycles. The van der Waals surface area contributed by atoms with Crippen LogP contribution in [0.3, 0.4) is 0 Å². The van der Waals surface area contributed by atoms with Gasteiger partial charge >= 0.3 is 24.3 Å². The SMILES string of the molecule is O=C(O)C(F)(F)F.O=C(O)C(F)(F)F.c1cnc(N2CCC3(CC2)CN(Cc2cccs2)CCO3)nc1. The summed E-state index contributed by atoms with van der Waals surface area (Å²) in [5.41, 5.74) is 0.0147. The van der Waals surface area contributed by atoms with Crippen LogP contribution in [0.4, 0.5) is 32.3 Å². The summed E-state index contributed by atoms with van der Waals surface area (Å²) >= 11 is 1.84. The highest BCUT2D eigenvalue weighted by molar-refractivity contribution is 7.09. The molecule has 2 saturated heterocycles. The van der Waals surface area contributed by atoms with Gasteiger partial charge in [0.25, 0.3) is 0 Å². The molecule has 4 rings (SSSR count). The van der Waals surface area contributed by atoms with E-state index in [4.69, 9.17) is 24.5 Å². The number of piperidine rings is 1. The lowest BCUT2D eigenvalue weighted by Gasteiger charge is -2.47. The minimum Gasteiger partial charge on any atom is -0.475 e. The molecule has 0 amide bonds. The third kappa shape index (κ3) is 10.1. The van der Waals surface area contributed by atoms with Crippen molar-refractivity contribution in [3.8, 4) is 0 Å². The van der Waals surface area contributed by atoms with E-state index in [-0.39, 0.29) is 5.60 Å². The number of nitrogens with zero attached hydrogens (tertiary/aromatic N) is 4. The quantitative estimate of drug-likeness (QED) is 0.545. The van der Waals surface area contributed by atoms with Crippen molar-refractivity contribution < 1.29 is 50.9 Å². The van der Waals surface area contributed by atoms with E-state index in [1.165, 1.54) is 4.88 Å². The van der Waals surface area contributed by atoms with Crippen LogP contribution in [0, 0.1) is 0 Å². The molecule has 37 heavy (non-hydrogen) atoms. The van der Waals surface area contributed by atoms with Gasteiger partial charge in [-0.2, -0.15) is 26.3 Å². The van der Waals surface area contributed by atoms with E-state index in [1.807, 2.05) is 29.8 Å². The fourth-order valence-corrected chi connectivity index (χ4v) is 4.30. The van der Waals surface area contributed by atoms with E-state index in [0.29, 0.717) is 0 Å². The topological polar surface area (TPSA) is 116 Å². The number of carboxylic acids is 2. The molecule has 0 aromatic carbocycles. The second-order valence-electron chi connectivity index (χ2n) is 7.96. The average molecular weight is 559 g/mol. The lowest BCUT2D eigenvalue weighted by Crippen LogP contribution is -2.56. The number of aromatic nitrogens is 2. The van der Waals surface area contributed by atoms with Crippen LogP contribution in [-0.2, 0) is 20.9 Å². The molecule has 2 aromatic heterocycles. The highest BCUT2D eigenvalue weighted by Gasteiger charge is 2.40. The van der Waals surface area contributed by atoms with Crippen LogP contribution in [0.25, 0.3) is 0 Å². The van der Waals surface area contributed by atoms with Crippen LogP contribution >= 0.6 is 11.3 Å². The zero-order valence-electron chi connectivity index (χ0n) is 19.2. The molecule has 1 spiro atoms.